The Bertz CT molecular complexity index is 1080. The zero-order chi connectivity index (χ0) is 24.0. The van der Waals surface area contributed by atoms with E-state index in [2.05, 4.69) is 48.1 Å². The van der Waals surface area contributed by atoms with Gasteiger partial charge in [-0.05, 0) is 55.9 Å². The molecule has 33 heavy (non-hydrogen) atoms. The standard InChI is InChI=1S/C26H34N4O3/c1-16(23(31)32-6)25(4)11-13-26(5,14-12-25)18-9-7-17(8-10-18)20-24(2,3)33-22-19(30-20)21(27)28-15-29-22/h7-10,15-16H,11-14H2,1-6H3,(H2,27,28,29). The lowest BCUT2D eigenvalue weighted by Crippen LogP contribution is -2.41. The Kier molecular flexibility index (Phi) is 5.71. The van der Waals surface area contributed by atoms with E-state index in [-0.39, 0.29) is 22.7 Å². The fourth-order valence-electron chi connectivity index (χ4n) is 5.09. The number of methoxy groups -OCH3 is 1. The Morgan fingerprint density at radius 2 is 1.70 bits per heavy atom. The van der Waals surface area contributed by atoms with Gasteiger partial charge in [-0.2, -0.15) is 4.98 Å². The maximum atomic E-state index is 12.1. The molecule has 2 heterocycles. The molecule has 1 aliphatic carbocycles. The summed E-state index contributed by atoms with van der Waals surface area (Å²) in [6, 6.07) is 8.61. The highest BCUT2D eigenvalue weighted by molar-refractivity contribution is 6.09. The highest BCUT2D eigenvalue weighted by Gasteiger charge is 2.44. The fraction of sp³-hybridized carbons (Fsp3) is 0.538. The number of esters is 1. The topological polar surface area (TPSA) is 99.7 Å². The van der Waals surface area contributed by atoms with Crippen molar-refractivity contribution in [2.75, 3.05) is 12.8 Å². The second-order valence-corrected chi connectivity index (χ2v) is 10.5. The average Bonchev–Trinajstić information content (AvgIpc) is 2.79. The highest BCUT2D eigenvalue weighted by atomic mass is 16.5. The van der Waals surface area contributed by atoms with Crippen LogP contribution in [0.4, 0.5) is 11.5 Å². The van der Waals surface area contributed by atoms with Crippen LogP contribution in [0.5, 0.6) is 5.88 Å². The molecule has 0 bridgehead atoms. The number of nitrogens with two attached hydrogens (primary N) is 1. The van der Waals surface area contributed by atoms with Crippen molar-refractivity contribution < 1.29 is 14.3 Å². The van der Waals surface area contributed by atoms with Crippen molar-refractivity contribution in [3.05, 3.63) is 41.7 Å². The number of nitrogens with zero attached hydrogens (tertiary/aromatic N) is 3. The Hall–Kier alpha value is -2.96. The monoisotopic (exact) mass is 450 g/mol. The molecule has 1 aromatic heterocycles. The molecule has 1 aliphatic heterocycles. The Morgan fingerprint density at radius 3 is 2.30 bits per heavy atom. The van der Waals surface area contributed by atoms with Gasteiger partial charge in [0.25, 0.3) is 0 Å². The Morgan fingerprint density at radius 1 is 1.06 bits per heavy atom. The zero-order valence-electron chi connectivity index (χ0n) is 20.4. The molecule has 1 unspecified atom stereocenters. The molecule has 0 spiro atoms. The van der Waals surface area contributed by atoms with Crippen LogP contribution in [0.1, 0.15) is 71.4 Å². The average molecular weight is 451 g/mol. The smallest absolute Gasteiger partial charge is 0.308 e. The first-order valence-electron chi connectivity index (χ1n) is 11.6. The van der Waals surface area contributed by atoms with Gasteiger partial charge in [-0.3, -0.25) is 4.79 Å². The molecular formula is C26H34N4O3. The van der Waals surface area contributed by atoms with Crippen molar-refractivity contribution >= 4 is 23.2 Å². The van der Waals surface area contributed by atoms with Crippen LogP contribution in [0.2, 0.25) is 0 Å². The van der Waals surface area contributed by atoms with E-state index in [9.17, 15) is 4.79 Å². The summed E-state index contributed by atoms with van der Waals surface area (Å²) in [6.45, 7) is 10.5. The van der Waals surface area contributed by atoms with Gasteiger partial charge in [0, 0.05) is 5.56 Å². The summed E-state index contributed by atoms with van der Waals surface area (Å²) in [5.74, 6) is 0.506. The van der Waals surface area contributed by atoms with Gasteiger partial charge in [-0.15, -0.1) is 0 Å². The minimum Gasteiger partial charge on any atom is -0.469 e. The van der Waals surface area contributed by atoms with Crippen molar-refractivity contribution in [1.82, 2.24) is 9.97 Å². The van der Waals surface area contributed by atoms with Crippen molar-refractivity contribution in [2.45, 2.75) is 71.3 Å². The molecule has 1 aromatic carbocycles. The quantitative estimate of drug-likeness (QED) is 0.658. The summed E-state index contributed by atoms with van der Waals surface area (Å²) in [5.41, 5.74) is 8.98. The molecule has 0 saturated heterocycles. The largest absolute Gasteiger partial charge is 0.469 e. The maximum Gasteiger partial charge on any atom is 0.308 e. The molecule has 2 aliphatic rings. The van der Waals surface area contributed by atoms with Crippen LogP contribution >= 0.6 is 0 Å². The second kappa shape index (κ2) is 8.12. The minimum absolute atomic E-state index is 0.0276. The van der Waals surface area contributed by atoms with E-state index in [1.54, 1.807) is 0 Å². The molecule has 4 rings (SSSR count). The van der Waals surface area contributed by atoms with Gasteiger partial charge >= 0.3 is 5.97 Å². The summed E-state index contributed by atoms with van der Waals surface area (Å²) >= 11 is 0. The van der Waals surface area contributed by atoms with Crippen molar-refractivity contribution in [3.8, 4) is 5.88 Å². The van der Waals surface area contributed by atoms with Gasteiger partial charge in [0.05, 0.1) is 18.7 Å². The van der Waals surface area contributed by atoms with E-state index in [0.717, 1.165) is 37.0 Å². The SMILES string of the molecule is COC(=O)C(C)C1(C)CCC(C)(c2ccc(C3=Nc4c(N)ncnc4OC3(C)C)cc2)CC1. The van der Waals surface area contributed by atoms with E-state index in [4.69, 9.17) is 20.2 Å². The number of aromatic nitrogens is 2. The van der Waals surface area contributed by atoms with Crippen molar-refractivity contribution in [2.24, 2.45) is 16.3 Å². The van der Waals surface area contributed by atoms with Gasteiger partial charge in [-0.25, -0.2) is 9.98 Å². The van der Waals surface area contributed by atoms with Crippen molar-refractivity contribution in [3.63, 3.8) is 0 Å². The number of rotatable bonds is 4. The molecule has 7 nitrogen and oxygen atoms in total. The van der Waals surface area contributed by atoms with Crippen LogP contribution in [-0.4, -0.2) is 34.4 Å². The third kappa shape index (κ3) is 4.09. The lowest BCUT2D eigenvalue weighted by molar-refractivity contribution is -0.150. The molecular weight excluding hydrogens is 416 g/mol. The van der Waals surface area contributed by atoms with Crippen LogP contribution in [0.25, 0.3) is 0 Å². The van der Waals surface area contributed by atoms with Crippen LogP contribution in [0, 0.1) is 11.3 Å². The highest BCUT2D eigenvalue weighted by Crippen LogP contribution is 2.50. The summed E-state index contributed by atoms with van der Waals surface area (Å²) < 4.78 is 11.1. The number of carbonyl (C=O) groups excluding carboxylic acids is 1. The molecule has 2 N–H and O–H groups in total. The normalized spacial score (nSPS) is 27.0. The number of hydrogen-bond donors (Lipinski definition) is 1. The van der Waals surface area contributed by atoms with Crippen LogP contribution in [0.3, 0.4) is 0 Å². The molecule has 1 saturated carbocycles. The van der Waals surface area contributed by atoms with E-state index in [1.807, 2.05) is 20.8 Å². The second-order valence-electron chi connectivity index (χ2n) is 10.5. The number of benzene rings is 1. The number of fused-ring (bicyclic) bond motifs is 1. The molecule has 0 radical (unpaired) electrons. The lowest BCUT2D eigenvalue weighted by Gasteiger charge is -2.45. The van der Waals surface area contributed by atoms with Gasteiger partial charge in [0.15, 0.2) is 11.5 Å². The molecule has 1 atom stereocenters. The number of ether oxygens (including phenoxy) is 2. The summed E-state index contributed by atoms with van der Waals surface area (Å²) in [5, 5.41) is 0. The Balaban J connectivity index is 1.57. The predicted molar refractivity (Wildman–Crippen MR) is 129 cm³/mol. The third-order valence-corrected chi connectivity index (χ3v) is 7.91. The number of nitrogen functional groups attached to an aromatic ring is 1. The minimum atomic E-state index is -0.643. The molecule has 2 aromatic rings. The van der Waals surface area contributed by atoms with Crippen LogP contribution in [-0.2, 0) is 14.9 Å². The first-order chi connectivity index (χ1) is 15.5. The van der Waals surface area contributed by atoms with Crippen LogP contribution in [0.15, 0.2) is 35.6 Å². The predicted octanol–water partition coefficient (Wildman–Crippen LogP) is 5.00. The number of anilines is 1. The Labute approximate surface area is 195 Å². The summed E-state index contributed by atoms with van der Waals surface area (Å²) in [6.07, 6.45) is 5.43. The number of carbonyl (C=O) groups is 1. The molecule has 0 amide bonds. The van der Waals surface area contributed by atoms with E-state index >= 15 is 0 Å². The van der Waals surface area contributed by atoms with Crippen LogP contribution < -0.4 is 10.5 Å². The fourth-order valence-corrected chi connectivity index (χ4v) is 5.09. The number of aliphatic imine (C=N–C) groups is 1. The van der Waals surface area contributed by atoms with Gasteiger partial charge in [0.2, 0.25) is 5.88 Å². The van der Waals surface area contributed by atoms with Crippen molar-refractivity contribution in [1.29, 1.82) is 0 Å². The first kappa shape index (κ1) is 23.2. The van der Waals surface area contributed by atoms with Gasteiger partial charge in [-0.1, -0.05) is 45.0 Å². The van der Waals surface area contributed by atoms with Gasteiger partial charge in [0.1, 0.15) is 11.9 Å². The van der Waals surface area contributed by atoms with E-state index < -0.39 is 5.60 Å². The number of hydrogen-bond acceptors (Lipinski definition) is 7. The summed E-state index contributed by atoms with van der Waals surface area (Å²) in [4.78, 5) is 25.1. The van der Waals surface area contributed by atoms with E-state index in [0.29, 0.717) is 17.4 Å². The molecule has 1 fully saturated rings. The zero-order valence-corrected chi connectivity index (χ0v) is 20.4. The molecule has 7 heteroatoms. The molecule has 176 valence electrons. The summed E-state index contributed by atoms with van der Waals surface area (Å²) in [7, 11) is 1.47. The van der Waals surface area contributed by atoms with Gasteiger partial charge < -0.3 is 15.2 Å². The third-order valence-electron chi connectivity index (χ3n) is 7.91. The maximum absolute atomic E-state index is 12.1. The first-order valence-corrected chi connectivity index (χ1v) is 11.6. The lowest BCUT2D eigenvalue weighted by atomic mass is 9.59. The van der Waals surface area contributed by atoms with E-state index in [1.165, 1.54) is 19.0 Å².